The van der Waals surface area contributed by atoms with Crippen molar-refractivity contribution in [3.8, 4) is 5.75 Å². The van der Waals surface area contributed by atoms with Gasteiger partial charge >= 0.3 is 12.6 Å². The number of thioether (sulfide) groups is 1. The molecule has 2 aliphatic heterocycles. The minimum absolute atomic E-state index is 0.111. The molecule has 5 nitrogen and oxygen atoms in total. The first-order valence-electron chi connectivity index (χ1n) is 9.56. The number of imidazole rings is 1. The summed E-state index contributed by atoms with van der Waals surface area (Å²) < 4.78 is 38.5. The molecule has 0 aliphatic carbocycles. The average molecular weight is 451 g/mol. The van der Waals surface area contributed by atoms with Gasteiger partial charge in [0.05, 0.1) is 23.7 Å². The fourth-order valence-electron chi connectivity index (χ4n) is 4.44. The van der Waals surface area contributed by atoms with Crippen molar-refractivity contribution in [1.29, 1.82) is 0 Å². The van der Waals surface area contributed by atoms with Crippen LogP contribution in [0.2, 0.25) is 5.02 Å². The van der Waals surface area contributed by atoms with Crippen LogP contribution >= 0.6 is 23.4 Å². The predicted octanol–water partition coefficient (Wildman–Crippen LogP) is 5.41. The van der Waals surface area contributed by atoms with E-state index in [9.17, 15) is 13.6 Å². The third kappa shape index (κ3) is 3.04. The first kappa shape index (κ1) is 19.6. The zero-order chi connectivity index (χ0) is 21.0. The summed E-state index contributed by atoms with van der Waals surface area (Å²) in [7, 11) is 0. The SMILES string of the molecule is CCOC(=O)C1Sc2cccc(OC(F)F)c2[C@@H]2C[C@@H]1c1nc3ccc(Cl)cc3n12. The van der Waals surface area contributed by atoms with Gasteiger partial charge in [0.1, 0.15) is 16.8 Å². The van der Waals surface area contributed by atoms with Gasteiger partial charge in [-0.1, -0.05) is 17.7 Å². The lowest BCUT2D eigenvalue weighted by Crippen LogP contribution is -2.26. The summed E-state index contributed by atoms with van der Waals surface area (Å²) in [4.78, 5) is 18.3. The van der Waals surface area contributed by atoms with Gasteiger partial charge in [0.25, 0.3) is 0 Å². The maximum atomic E-state index is 13.1. The van der Waals surface area contributed by atoms with E-state index in [1.165, 1.54) is 17.8 Å². The Bertz CT molecular complexity index is 1150. The summed E-state index contributed by atoms with van der Waals surface area (Å²) in [6.45, 7) is -0.924. The molecule has 0 spiro atoms. The third-order valence-corrected chi connectivity index (χ3v) is 7.13. The number of benzene rings is 2. The van der Waals surface area contributed by atoms with Gasteiger partial charge in [-0.25, -0.2) is 4.98 Å². The van der Waals surface area contributed by atoms with Crippen molar-refractivity contribution in [2.45, 2.75) is 42.1 Å². The quantitative estimate of drug-likeness (QED) is 0.498. The maximum absolute atomic E-state index is 13.1. The van der Waals surface area contributed by atoms with Crippen LogP contribution in [0.5, 0.6) is 5.75 Å². The molecule has 2 bridgehead atoms. The number of carbonyl (C=O) groups is 1. The maximum Gasteiger partial charge on any atom is 0.387 e. The minimum atomic E-state index is -2.95. The van der Waals surface area contributed by atoms with E-state index in [0.29, 0.717) is 17.0 Å². The zero-order valence-corrected chi connectivity index (χ0v) is 17.4. The highest BCUT2D eigenvalue weighted by Gasteiger charge is 2.47. The molecule has 0 amide bonds. The van der Waals surface area contributed by atoms with Gasteiger partial charge in [0.2, 0.25) is 0 Å². The number of hydrogen-bond acceptors (Lipinski definition) is 5. The van der Waals surface area contributed by atoms with Gasteiger partial charge in [-0.2, -0.15) is 8.78 Å². The van der Waals surface area contributed by atoms with Gasteiger partial charge in [-0.15, -0.1) is 11.8 Å². The van der Waals surface area contributed by atoms with Crippen molar-refractivity contribution < 1.29 is 23.0 Å². The van der Waals surface area contributed by atoms with Crippen molar-refractivity contribution in [2.24, 2.45) is 0 Å². The van der Waals surface area contributed by atoms with E-state index in [4.69, 9.17) is 26.1 Å². The van der Waals surface area contributed by atoms with Crippen LogP contribution in [0.3, 0.4) is 0 Å². The van der Waals surface area contributed by atoms with Crippen molar-refractivity contribution >= 4 is 40.4 Å². The standard InChI is InChI=1S/C21H17ClF2N2O3S/c1-2-28-20(27)18-11-9-14(17-15(29-21(23)24)4-3-5-16(17)30-18)26-13-8-10(22)6-7-12(13)25-19(11)26/h3-8,11,14,18,21H,2,9H2,1H3/t11-,14-,18?/m0/s1. The van der Waals surface area contributed by atoms with Crippen LogP contribution in [0, 0.1) is 0 Å². The lowest BCUT2D eigenvalue weighted by atomic mass is 9.95. The molecule has 3 aromatic rings. The molecule has 0 N–H and O–H groups in total. The largest absolute Gasteiger partial charge is 0.465 e. The Morgan fingerprint density at radius 1 is 1.37 bits per heavy atom. The molecule has 2 aromatic carbocycles. The van der Waals surface area contributed by atoms with E-state index in [-0.39, 0.29) is 30.3 Å². The second-order valence-corrected chi connectivity index (χ2v) is 8.79. The molecule has 156 valence electrons. The topological polar surface area (TPSA) is 53.4 Å². The van der Waals surface area contributed by atoms with Gasteiger partial charge in [-0.3, -0.25) is 4.79 Å². The molecule has 0 radical (unpaired) electrons. The van der Waals surface area contributed by atoms with Gasteiger partial charge in [-0.05, 0) is 43.7 Å². The molecule has 0 saturated carbocycles. The minimum Gasteiger partial charge on any atom is -0.465 e. The van der Waals surface area contributed by atoms with E-state index >= 15 is 0 Å². The normalized spacial score (nSPS) is 22.0. The molecule has 5 rings (SSSR count). The smallest absolute Gasteiger partial charge is 0.387 e. The molecule has 9 heteroatoms. The Labute approximate surface area is 180 Å². The fourth-order valence-corrected chi connectivity index (χ4v) is 5.96. The number of esters is 1. The Morgan fingerprint density at radius 2 is 2.20 bits per heavy atom. The van der Waals surface area contributed by atoms with Crippen LogP contribution in [0.1, 0.15) is 36.7 Å². The van der Waals surface area contributed by atoms with Crippen LogP contribution in [-0.2, 0) is 9.53 Å². The Hall–Kier alpha value is -2.32. The molecule has 0 saturated heterocycles. The predicted molar refractivity (Wildman–Crippen MR) is 110 cm³/mol. The van der Waals surface area contributed by atoms with Crippen LogP contribution < -0.4 is 4.74 Å². The molecule has 1 aromatic heterocycles. The number of rotatable bonds is 4. The van der Waals surface area contributed by atoms with Crippen molar-refractivity contribution in [3.05, 3.63) is 52.8 Å². The summed E-state index contributed by atoms with van der Waals surface area (Å²) in [5.74, 6) is 0.287. The summed E-state index contributed by atoms with van der Waals surface area (Å²) in [5.41, 5.74) is 2.18. The number of alkyl halides is 2. The van der Waals surface area contributed by atoms with E-state index in [1.54, 1.807) is 19.1 Å². The summed E-state index contributed by atoms with van der Waals surface area (Å²) >= 11 is 7.56. The highest BCUT2D eigenvalue weighted by molar-refractivity contribution is 8.00. The fraction of sp³-hybridized carbons (Fsp3) is 0.333. The molecule has 2 aliphatic rings. The number of aromatic nitrogens is 2. The van der Waals surface area contributed by atoms with E-state index in [0.717, 1.165) is 21.8 Å². The van der Waals surface area contributed by atoms with Crippen LogP contribution in [0.4, 0.5) is 8.78 Å². The Morgan fingerprint density at radius 3 is 2.97 bits per heavy atom. The van der Waals surface area contributed by atoms with Crippen molar-refractivity contribution in [1.82, 2.24) is 9.55 Å². The number of carbonyl (C=O) groups excluding carboxylic acids is 1. The van der Waals surface area contributed by atoms with E-state index in [1.807, 2.05) is 22.8 Å². The number of hydrogen-bond donors (Lipinski definition) is 0. The van der Waals surface area contributed by atoms with Crippen LogP contribution in [0.15, 0.2) is 41.3 Å². The lowest BCUT2D eigenvalue weighted by Gasteiger charge is -2.23. The summed E-state index contributed by atoms with van der Waals surface area (Å²) in [6, 6.07) is 10.1. The molecule has 1 unspecified atom stereocenters. The van der Waals surface area contributed by atoms with Crippen molar-refractivity contribution in [2.75, 3.05) is 6.61 Å². The third-order valence-electron chi connectivity index (χ3n) is 5.51. The molecule has 3 heterocycles. The first-order chi connectivity index (χ1) is 14.5. The molecular weight excluding hydrogens is 434 g/mol. The number of fused-ring (bicyclic) bond motifs is 9. The monoisotopic (exact) mass is 450 g/mol. The average Bonchev–Trinajstić information content (AvgIpc) is 3.17. The van der Waals surface area contributed by atoms with Gasteiger partial charge in [0.15, 0.2) is 0 Å². The summed E-state index contributed by atoms with van der Waals surface area (Å²) in [6.07, 6.45) is 0.540. The summed E-state index contributed by atoms with van der Waals surface area (Å²) in [5, 5.41) is 0.0159. The van der Waals surface area contributed by atoms with Crippen molar-refractivity contribution in [3.63, 3.8) is 0 Å². The Balaban J connectivity index is 1.76. The molecule has 0 fully saturated rings. The number of halogens is 3. The second-order valence-electron chi connectivity index (χ2n) is 7.17. The lowest BCUT2D eigenvalue weighted by molar-refractivity contribution is -0.142. The van der Waals surface area contributed by atoms with Gasteiger partial charge < -0.3 is 14.0 Å². The highest BCUT2D eigenvalue weighted by Crippen LogP contribution is 2.55. The molecular formula is C21H17ClF2N2O3S. The first-order valence-corrected chi connectivity index (χ1v) is 10.8. The highest BCUT2D eigenvalue weighted by atomic mass is 35.5. The Kier molecular flexibility index (Phi) is 4.86. The van der Waals surface area contributed by atoms with E-state index in [2.05, 4.69) is 0 Å². The van der Waals surface area contributed by atoms with E-state index < -0.39 is 11.9 Å². The second kappa shape index (κ2) is 7.42. The van der Waals surface area contributed by atoms with Crippen LogP contribution in [0.25, 0.3) is 11.0 Å². The van der Waals surface area contributed by atoms with Gasteiger partial charge in [0, 0.05) is 21.4 Å². The molecule has 3 atom stereocenters. The zero-order valence-electron chi connectivity index (χ0n) is 15.8. The molecule has 30 heavy (non-hydrogen) atoms. The number of nitrogens with zero attached hydrogens (tertiary/aromatic N) is 2. The number of ether oxygens (including phenoxy) is 2. The van der Waals surface area contributed by atoms with Crippen LogP contribution in [-0.4, -0.2) is 34.0 Å².